The molecular formula is C20H19ClN4O3S. The molecule has 1 aliphatic heterocycles. The molecule has 0 saturated carbocycles. The zero-order chi connectivity index (χ0) is 20.4. The summed E-state index contributed by atoms with van der Waals surface area (Å²) in [5.74, 6) is 2.32. The number of benzene rings is 2. The Morgan fingerprint density at radius 1 is 1.14 bits per heavy atom. The van der Waals surface area contributed by atoms with Crippen LogP contribution in [0.25, 0.3) is 11.3 Å². The van der Waals surface area contributed by atoms with Crippen LogP contribution in [-0.2, 0) is 0 Å². The third kappa shape index (κ3) is 3.77. The van der Waals surface area contributed by atoms with E-state index in [0.717, 1.165) is 17.0 Å². The first-order chi connectivity index (χ1) is 14.1. The Kier molecular flexibility index (Phi) is 5.64. The maximum Gasteiger partial charge on any atom is 0.247 e. The van der Waals surface area contributed by atoms with Crippen molar-refractivity contribution in [1.82, 2.24) is 15.2 Å². The predicted octanol–water partition coefficient (Wildman–Crippen LogP) is 4.82. The number of rotatable bonds is 5. The average Bonchev–Trinajstić information content (AvgIpc) is 2.90. The summed E-state index contributed by atoms with van der Waals surface area (Å²) in [6, 6.07) is 11.3. The number of halogens is 1. The quantitative estimate of drug-likeness (QED) is 0.577. The van der Waals surface area contributed by atoms with E-state index in [1.165, 1.54) is 11.8 Å². The molecule has 1 unspecified atom stereocenters. The predicted molar refractivity (Wildman–Crippen MR) is 113 cm³/mol. The number of nitrogens with zero attached hydrogens (tertiary/aromatic N) is 3. The van der Waals surface area contributed by atoms with Crippen molar-refractivity contribution in [3.05, 3.63) is 47.0 Å². The van der Waals surface area contributed by atoms with E-state index in [-0.39, 0.29) is 0 Å². The first-order valence-electron chi connectivity index (χ1n) is 8.96. The fraction of sp³-hybridized carbons (Fsp3) is 0.250. The number of anilines is 1. The minimum Gasteiger partial charge on any atom is -0.493 e. The molecule has 0 amide bonds. The number of aromatic nitrogens is 3. The molecule has 4 rings (SSSR count). The van der Waals surface area contributed by atoms with Gasteiger partial charge in [-0.2, -0.15) is 4.98 Å². The van der Waals surface area contributed by atoms with Gasteiger partial charge in [-0.15, -0.1) is 10.2 Å². The van der Waals surface area contributed by atoms with Crippen LogP contribution in [0.15, 0.2) is 41.6 Å². The van der Waals surface area contributed by atoms with Crippen LogP contribution in [0.3, 0.4) is 0 Å². The molecule has 0 aliphatic carbocycles. The summed E-state index contributed by atoms with van der Waals surface area (Å²) in [6.45, 7) is 2.03. The van der Waals surface area contributed by atoms with Crippen LogP contribution < -0.4 is 19.5 Å². The van der Waals surface area contributed by atoms with E-state index in [0.29, 0.717) is 38.8 Å². The molecule has 150 valence electrons. The Bertz CT molecular complexity index is 1050. The highest BCUT2D eigenvalue weighted by Gasteiger charge is 2.28. The number of para-hydroxylation sites is 1. The van der Waals surface area contributed by atoms with Crippen LogP contribution in [0.1, 0.15) is 18.7 Å². The second-order valence-electron chi connectivity index (χ2n) is 6.10. The lowest BCUT2D eigenvalue weighted by atomic mass is 10.1. The molecule has 0 radical (unpaired) electrons. The van der Waals surface area contributed by atoms with Gasteiger partial charge >= 0.3 is 0 Å². The third-order valence-electron chi connectivity index (χ3n) is 4.39. The van der Waals surface area contributed by atoms with Crippen LogP contribution in [0, 0.1) is 0 Å². The second-order valence-corrected chi connectivity index (χ2v) is 7.74. The molecule has 0 fully saturated rings. The van der Waals surface area contributed by atoms with Crippen molar-refractivity contribution in [2.75, 3.05) is 25.3 Å². The van der Waals surface area contributed by atoms with Crippen LogP contribution in [-0.4, -0.2) is 35.2 Å². The lowest BCUT2D eigenvalue weighted by molar-refractivity contribution is 0.224. The van der Waals surface area contributed by atoms with Crippen LogP contribution in [0.5, 0.6) is 17.4 Å². The fourth-order valence-corrected chi connectivity index (χ4v) is 3.81. The summed E-state index contributed by atoms with van der Waals surface area (Å²) in [5.41, 5.74) is 2.96. The molecule has 2 aromatic carbocycles. The molecule has 1 N–H and O–H groups in total. The molecule has 7 nitrogen and oxygen atoms in total. The first kappa shape index (κ1) is 19.6. The second kappa shape index (κ2) is 8.34. The summed E-state index contributed by atoms with van der Waals surface area (Å²) in [7, 11) is 3.14. The fourth-order valence-electron chi connectivity index (χ4n) is 3.05. The molecule has 0 bridgehead atoms. The van der Waals surface area contributed by atoms with Crippen molar-refractivity contribution in [3.8, 4) is 28.6 Å². The van der Waals surface area contributed by atoms with Crippen LogP contribution in [0.2, 0.25) is 5.02 Å². The van der Waals surface area contributed by atoms with Crippen molar-refractivity contribution in [1.29, 1.82) is 0 Å². The topological polar surface area (TPSA) is 78.4 Å². The first-order valence-corrected chi connectivity index (χ1v) is 10.3. The largest absolute Gasteiger partial charge is 0.493 e. The number of methoxy groups -OCH3 is 2. The van der Waals surface area contributed by atoms with Gasteiger partial charge in [0.2, 0.25) is 11.0 Å². The van der Waals surface area contributed by atoms with E-state index >= 15 is 0 Å². The monoisotopic (exact) mass is 430 g/mol. The molecule has 3 aromatic rings. The molecule has 9 heteroatoms. The standard InChI is InChI=1S/C20H19ClN4O3S/c1-4-29-20-23-19-17(24-25-20)11-7-5-6-8-14(11)22-18(28-19)12-9-15(26-2)16(27-3)10-13(12)21/h5-10,18,22H,4H2,1-3H3. The number of hydrogen-bond donors (Lipinski definition) is 1. The van der Waals surface area contributed by atoms with Crippen molar-refractivity contribution >= 4 is 29.1 Å². The zero-order valence-corrected chi connectivity index (χ0v) is 17.7. The maximum absolute atomic E-state index is 6.55. The summed E-state index contributed by atoms with van der Waals surface area (Å²) in [6.07, 6.45) is -0.610. The van der Waals surface area contributed by atoms with E-state index < -0.39 is 6.23 Å². The van der Waals surface area contributed by atoms with E-state index in [4.69, 9.17) is 25.8 Å². The highest BCUT2D eigenvalue weighted by Crippen LogP contribution is 2.42. The molecule has 2 heterocycles. The van der Waals surface area contributed by atoms with Crippen molar-refractivity contribution in [2.45, 2.75) is 18.3 Å². The Balaban J connectivity index is 1.84. The number of hydrogen-bond acceptors (Lipinski definition) is 8. The van der Waals surface area contributed by atoms with Crippen molar-refractivity contribution < 1.29 is 14.2 Å². The van der Waals surface area contributed by atoms with Crippen molar-refractivity contribution in [2.24, 2.45) is 0 Å². The summed E-state index contributed by atoms with van der Waals surface area (Å²) in [5, 5.41) is 13.0. The zero-order valence-electron chi connectivity index (χ0n) is 16.1. The summed E-state index contributed by atoms with van der Waals surface area (Å²) in [4.78, 5) is 4.57. The highest BCUT2D eigenvalue weighted by atomic mass is 35.5. The number of fused-ring (bicyclic) bond motifs is 3. The number of thioether (sulfide) groups is 1. The minimum atomic E-state index is -0.610. The Labute approximate surface area is 177 Å². The van der Waals surface area contributed by atoms with Gasteiger partial charge in [0, 0.05) is 22.9 Å². The number of nitrogens with one attached hydrogen (secondary N) is 1. The average molecular weight is 431 g/mol. The molecule has 1 aliphatic rings. The van der Waals surface area contributed by atoms with Gasteiger partial charge in [0.25, 0.3) is 0 Å². The molecule has 0 spiro atoms. The summed E-state index contributed by atoms with van der Waals surface area (Å²) < 4.78 is 17.0. The van der Waals surface area contributed by atoms with E-state index in [2.05, 4.69) is 20.5 Å². The van der Waals surface area contributed by atoms with Gasteiger partial charge in [-0.25, -0.2) is 0 Å². The van der Waals surface area contributed by atoms with Gasteiger partial charge < -0.3 is 19.5 Å². The van der Waals surface area contributed by atoms with Crippen LogP contribution >= 0.6 is 23.4 Å². The Morgan fingerprint density at radius 2 is 1.90 bits per heavy atom. The summed E-state index contributed by atoms with van der Waals surface area (Å²) >= 11 is 8.05. The van der Waals surface area contributed by atoms with E-state index in [1.807, 2.05) is 31.2 Å². The molecular weight excluding hydrogens is 412 g/mol. The van der Waals surface area contributed by atoms with Crippen molar-refractivity contribution in [3.63, 3.8) is 0 Å². The van der Waals surface area contributed by atoms with Gasteiger partial charge in [0.15, 0.2) is 23.4 Å². The van der Waals surface area contributed by atoms with Gasteiger partial charge in [0.1, 0.15) is 0 Å². The Morgan fingerprint density at radius 3 is 2.66 bits per heavy atom. The molecule has 0 saturated heterocycles. The molecule has 29 heavy (non-hydrogen) atoms. The normalized spacial score (nSPS) is 14.7. The van der Waals surface area contributed by atoms with Gasteiger partial charge in [-0.05, 0) is 17.9 Å². The van der Waals surface area contributed by atoms with Gasteiger partial charge in [0.05, 0.1) is 19.2 Å². The van der Waals surface area contributed by atoms with Crippen LogP contribution in [0.4, 0.5) is 5.69 Å². The van der Waals surface area contributed by atoms with E-state index in [9.17, 15) is 0 Å². The SMILES string of the molecule is CCSc1nnc2c(n1)OC(c1cc(OC)c(OC)cc1Cl)Nc1ccccc1-2. The van der Waals surface area contributed by atoms with Gasteiger partial charge in [-0.3, -0.25) is 0 Å². The maximum atomic E-state index is 6.55. The number of ether oxygens (including phenoxy) is 3. The molecule has 1 aromatic heterocycles. The minimum absolute atomic E-state index is 0.393. The third-order valence-corrected chi connectivity index (χ3v) is 5.44. The van der Waals surface area contributed by atoms with Gasteiger partial charge in [-0.1, -0.05) is 48.5 Å². The van der Waals surface area contributed by atoms with E-state index in [1.54, 1.807) is 26.4 Å². The lowest BCUT2D eigenvalue weighted by Crippen LogP contribution is -2.18. The lowest BCUT2D eigenvalue weighted by Gasteiger charge is -2.21. The smallest absolute Gasteiger partial charge is 0.247 e. The molecule has 1 atom stereocenters. The Hall–Kier alpha value is -2.71. The highest BCUT2D eigenvalue weighted by molar-refractivity contribution is 7.99.